The summed E-state index contributed by atoms with van der Waals surface area (Å²) in [4.78, 5) is 19.0. The molecular weight excluding hydrogens is 374 g/mol. The minimum Gasteiger partial charge on any atom is -0.495 e. The van der Waals surface area contributed by atoms with Crippen LogP contribution in [0.4, 0.5) is 5.82 Å². The third-order valence-electron chi connectivity index (χ3n) is 4.52. The van der Waals surface area contributed by atoms with Gasteiger partial charge in [0.15, 0.2) is 17.2 Å². The van der Waals surface area contributed by atoms with E-state index in [1.165, 1.54) is 0 Å². The lowest BCUT2D eigenvalue weighted by Gasteiger charge is -2.18. The molecule has 0 fully saturated rings. The Kier molecular flexibility index (Phi) is 4.71. The fourth-order valence-corrected chi connectivity index (χ4v) is 3.06. The van der Waals surface area contributed by atoms with Gasteiger partial charge in [-0.15, -0.1) is 0 Å². The molecule has 0 saturated carbocycles. The zero-order valence-electron chi connectivity index (χ0n) is 16.9. The van der Waals surface area contributed by atoms with Gasteiger partial charge in [-0.3, -0.25) is 0 Å². The molecule has 4 rings (SSSR count). The molecule has 0 saturated heterocycles. The molecule has 0 unspecified atom stereocenters. The Morgan fingerprint density at radius 1 is 1.24 bits per heavy atom. The molecule has 0 aliphatic carbocycles. The van der Waals surface area contributed by atoms with Crippen LogP contribution in [0.5, 0.6) is 11.6 Å². The SMILES string of the molecule is COc1cnc(OC)c([C@@H](C)Nc2ccn3ncc(C4=NC(C)(C)ON4)c3n2)c1. The topological polar surface area (TPSA) is 107 Å². The Labute approximate surface area is 167 Å². The van der Waals surface area contributed by atoms with Crippen molar-refractivity contribution in [2.45, 2.75) is 32.5 Å². The van der Waals surface area contributed by atoms with Gasteiger partial charge in [-0.05, 0) is 32.9 Å². The number of anilines is 1. The lowest BCUT2D eigenvalue weighted by Crippen LogP contribution is -2.23. The van der Waals surface area contributed by atoms with Crippen LogP contribution in [0, 0.1) is 0 Å². The predicted molar refractivity (Wildman–Crippen MR) is 107 cm³/mol. The molecule has 1 aliphatic heterocycles. The van der Waals surface area contributed by atoms with Crippen molar-refractivity contribution in [1.82, 2.24) is 25.1 Å². The second-order valence-corrected chi connectivity index (χ2v) is 7.09. The summed E-state index contributed by atoms with van der Waals surface area (Å²) in [6, 6.07) is 3.62. The molecule has 3 aromatic heterocycles. The average molecular weight is 397 g/mol. The minimum absolute atomic E-state index is 0.127. The highest BCUT2D eigenvalue weighted by Crippen LogP contribution is 2.29. The van der Waals surface area contributed by atoms with Crippen LogP contribution in [0.3, 0.4) is 0 Å². The normalized spacial score (nSPS) is 16.2. The lowest BCUT2D eigenvalue weighted by atomic mass is 10.1. The van der Waals surface area contributed by atoms with E-state index in [2.05, 4.69) is 25.9 Å². The van der Waals surface area contributed by atoms with Crippen LogP contribution in [-0.2, 0) is 4.84 Å². The summed E-state index contributed by atoms with van der Waals surface area (Å²) in [5.41, 5.74) is 4.49. The maximum atomic E-state index is 5.46. The Morgan fingerprint density at radius 2 is 2.07 bits per heavy atom. The molecule has 0 aromatic carbocycles. The van der Waals surface area contributed by atoms with Crippen LogP contribution in [-0.4, -0.2) is 45.4 Å². The van der Waals surface area contributed by atoms with Crippen LogP contribution in [0.25, 0.3) is 5.65 Å². The highest BCUT2D eigenvalue weighted by Gasteiger charge is 2.28. The van der Waals surface area contributed by atoms with Gasteiger partial charge in [0.2, 0.25) is 5.88 Å². The number of hydroxylamine groups is 1. The molecule has 3 aromatic rings. The van der Waals surface area contributed by atoms with E-state index in [1.54, 1.807) is 31.1 Å². The van der Waals surface area contributed by atoms with Crippen molar-refractivity contribution < 1.29 is 14.3 Å². The molecule has 0 amide bonds. The Morgan fingerprint density at radius 3 is 2.76 bits per heavy atom. The van der Waals surface area contributed by atoms with Crippen LogP contribution in [0.1, 0.15) is 37.9 Å². The summed E-state index contributed by atoms with van der Waals surface area (Å²) >= 11 is 0. The highest BCUT2D eigenvalue weighted by atomic mass is 16.7. The van der Waals surface area contributed by atoms with Crippen molar-refractivity contribution in [3.05, 3.63) is 41.9 Å². The van der Waals surface area contributed by atoms with Crippen molar-refractivity contribution in [2.75, 3.05) is 19.5 Å². The van der Waals surface area contributed by atoms with E-state index in [-0.39, 0.29) is 6.04 Å². The Bertz CT molecular complexity index is 1080. The van der Waals surface area contributed by atoms with Gasteiger partial charge < -0.3 is 14.8 Å². The van der Waals surface area contributed by atoms with Crippen LogP contribution in [0.2, 0.25) is 0 Å². The number of hydrogen-bond donors (Lipinski definition) is 2. The standard InChI is InChI=1S/C19H23N7O3/c1-11(13-8-12(27-4)9-20-18(13)28-5)22-15-6-7-26-17(23-15)14(10-21-26)16-24-19(2,3)29-25-16/h6-11H,1-5H3,(H,22,23)(H,24,25)/t11-/m1/s1. The van der Waals surface area contributed by atoms with Gasteiger partial charge in [0.05, 0.1) is 38.2 Å². The van der Waals surface area contributed by atoms with Crippen LogP contribution >= 0.6 is 0 Å². The third-order valence-corrected chi connectivity index (χ3v) is 4.52. The summed E-state index contributed by atoms with van der Waals surface area (Å²) in [6.45, 7) is 5.74. The quantitative estimate of drug-likeness (QED) is 0.653. The molecule has 0 bridgehead atoms. The number of pyridine rings is 1. The van der Waals surface area contributed by atoms with Gasteiger partial charge in [0, 0.05) is 11.8 Å². The number of hydrogen-bond acceptors (Lipinski definition) is 9. The molecular formula is C19H23N7O3. The van der Waals surface area contributed by atoms with Gasteiger partial charge in [-0.1, -0.05) is 0 Å². The Balaban J connectivity index is 1.65. The number of ether oxygens (including phenoxy) is 2. The zero-order chi connectivity index (χ0) is 20.6. The third kappa shape index (κ3) is 3.66. The van der Waals surface area contributed by atoms with Gasteiger partial charge >= 0.3 is 0 Å². The van der Waals surface area contributed by atoms with Crippen LogP contribution < -0.4 is 20.3 Å². The first-order valence-electron chi connectivity index (χ1n) is 9.13. The van der Waals surface area contributed by atoms with E-state index in [1.807, 2.05) is 39.1 Å². The van der Waals surface area contributed by atoms with Gasteiger partial charge in [-0.25, -0.2) is 29.8 Å². The number of aromatic nitrogens is 4. The summed E-state index contributed by atoms with van der Waals surface area (Å²) in [5, 5.41) is 7.72. The molecule has 10 heteroatoms. The molecule has 2 N–H and O–H groups in total. The average Bonchev–Trinajstić information content (AvgIpc) is 3.29. The number of nitrogens with one attached hydrogen (secondary N) is 2. The number of amidine groups is 1. The first-order valence-corrected chi connectivity index (χ1v) is 9.13. The minimum atomic E-state index is -0.635. The number of aliphatic imine (C=N–C) groups is 1. The van der Waals surface area contributed by atoms with Crippen molar-refractivity contribution in [2.24, 2.45) is 4.99 Å². The fraction of sp³-hybridized carbons (Fsp3) is 0.368. The first-order chi connectivity index (χ1) is 13.9. The first kappa shape index (κ1) is 18.9. The summed E-state index contributed by atoms with van der Waals surface area (Å²) in [6.07, 6.45) is 5.17. The molecule has 10 nitrogen and oxygen atoms in total. The second kappa shape index (κ2) is 7.21. The molecule has 0 spiro atoms. The summed E-state index contributed by atoms with van der Waals surface area (Å²) in [7, 11) is 3.19. The summed E-state index contributed by atoms with van der Waals surface area (Å²) in [5.74, 6) is 2.46. The summed E-state index contributed by atoms with van der Waals surface area (Å²) < 4.78 is 12.4. The number of rotatable bonds is 6. The molecule has 1 aliphatic rings. The monoisotopic (exact) mass is 397 g/mol. The van der Waals surface area contributed by atoms with Gasteiger partial charge in [0.25, 0.3) is 0 Å². The maximum Gasteiger partial charge on any atom is 0.218 e. The van der Waals surface area contributed by atoms with E-state index >= 15 is 0 Å². The van der Waals surface area contributed by atoms with E-state index in [0.29, 0.717) is 28.9 Å². The highest BCUT2D eigenvalue weighted by molar-refractivity contribution is 6.03. The molecule has 29 heavy (non-hydrogen) atoms. The smallest absolute Gasteiger partial charge is 0.218 e. The van der Waals surface area contributed by atoms with E-state index < -0.39 is 5.72 Å². The number of nitrogens with zero attached hydrogens (tertiary/aromatic N) is 5. The fourth-order valence-electron chi connectivity index (χ4n) is 3.06. The maximum absolute atomic E-state index is 5.46. The number of methoxy groups -OCH3 is 2. The molecule has 0 radical (unpaired) electrons. The van der Waals surface area contributed by atoms with Crippen LogP contribution in [0.15, 0.2) is 35.7 Å². The number of fused-ring (bicyclic) bond motifs is 1. The lowest BCUT2D eigenvalue weighted by molar-refractivity contribution is -0.0269. The van der Waals surface area contributed by atoms with Crippen molar-refractivity contribution in [1.29, 1.82) is 0 Å². The van der Waals surface area contributed by atoms with E-state index in [9.17, 15) is 0 Å². The molecule has 1 atom stereocenters. The Hall–Kier alpha value is -3.40. The van der Waals surface area contributed by atoms with Crippen molar-refractivity contribution in [3.8, 4) is 11.6 Å². The van der Waals surface area contributed by atoms with Gasteiger partial charge in [0.1, 0.15) is 11.6 Å². The molecule has 4 heterocycles. The van der Waals surface area contributed by atoms with E-state index in [4.69, 9.17) is 19.3 Å². The van der Waals surface area contributed by atoms with Crippen molar-refractivity contribution in [3.63, 3.8) is 0 Å². The second-order valence-electron chi connectivity index (χ2n) is 7.09. The largest absolute Gasteiger partial charge is 0.495 e. The van der Waals surface area contributed by atoms with E-state index in [0.717, 1.165) is 11.1 Å². The molecule has 152 valence electrons. The van der Waals surface area contributed by atoms with Crippen molar-refractivity contribution >= 4 is 17.3 Å². The van der Waals surface area contributed by atoms with Gasteiger partial charge in [-0.2, -0.15) is 5.10 Å². The zero-order valence-corrected chi connectivity index (χ0v) is 16.9. The predicted octanol–water partition coefficient (Wildman–Crippen LogP) is 2.33.